The van der Waals surface area contributed by atoms with Crippen LogP contribution in [0.25, 0.3) is 0 Å². The normalized spacial score (nSPS) is 12.1. The van der Waals surface area contributed by atoms with Gasteiger partial charge >= 0.3 is 0 Å². The average Bonchev–Trinajstić information content (AvgIpc) is 2.82. The maximum atomic E-state index is 11.7. The largest absolute Gasteiger partial charge is 0.348 e. The third kappa shape index (κ3) is 3.17. The van der Waals surface area contributed by atoms with Gasteiger partial charge in [-0.1, -0.05) is 30.3 Å². The highest BCUT2D eigenvalue weighted by Crippen LogP contribution is 2.10. The number of carbonyl (C=O) groups excluding carboxylic acids is 1. The molecule has 2 rings (SSSR count). The lowest BCUT2D eigenvalue weighted by atomic mass is 10.1. The van der Waals surface area contributed by atoms with Crippen LogP contribution in [-0.4, -0.2) is 15.5 Å². The second-order valence-corrected chi connectivity index (χ2v) is 3.93. The summed E-state index contributed by atoms with van der Waals surface area (Å²) in [5, 5.41) is 2.95. The Morgan fingerprint density at radius 3 is 2.82 bits per heavy atom. The van der Waals surface area contributed by atoms with Crippen LogP contribution in [0.15, 0.2) is 49.1 Å². The quantitative estimate of drug-likeness (QED) is 0.868. The smallest absolute Gasteiger partial charge is 0.240 e. The first kappa shape index (κ1) is 11.4. The maximum absolute atomic E-state index is 11.7. The van der Waals surface area contributed by atoms with Gasteiger partial charge < -0.3 is 9.88 Å². The van der Waals surface area contributed by atoms with Crippen molar-refractivity contribution in [2.75, 3.05) is 0 Å². The SMILES string of the molecule is C[C@@H](NC(=O)Cn1ccnc1)c1ccccc1. The van der Waals surface area contributed by atoms with Gasteiger partial charge in [0.15, 0.2) is 0 Å². The lowest BCUT2D eigenvalue weighted by molar-refractivity contribution is -0.122. The van der Waals surface area contributed by atoms with Gasteiger partial charge in [0.2, 0.25) is 5.91 Å². The molecule has 88 valence electrons. The van der Waals surface area contributed by atoms with E-state index >= 15 is 0 Å². The van der Waals surface area contributed by atoms with Crippen molar-refractivity contribution in [2.45, 2.75) is 19.5 Å². The van der Waals surface area contributed by atoms with Crippen LogP contribution in [0.5, 0.6) is 0 Å². The molecule has 1 N–H and O–H groups in total. The van der Waals surface area contributed by atoms with Crippen molar-refractivity contribution in [1.82, 2.24) is 14.9 Å². The number of nitrogens with one attached hydrogen (secondary N) is 1. The minimum Gasteiger partial charge on any atom is -0.348 e. The van der Waals surface area contributed by atoms with Crippen molar-refractivity contribution in [3.05, 3.63) is 54.6 Å². The Balaban J connectivity index is 1.91. The Kier molecular flexibility index (Phi) is 3.55. The first-order valence-corrected chi connectivity index (χ1v) is 5.56. The van der Waals surface area contributed by atoms with Crippen LogP contribution in [0, 0.1) is 0 Å². The lowest BCUT2D eigenvalue weighted by Gasteiger charge is -2.14. The topological polar surface area (TPSA) is 46.9 Å². The van der Waals surface area contributed by atoms with Crippen LogP contribution in [-0.2, 0) is 11.3 Å². The van der Waals surface area contributed by atoms with Crippen molar-refractivity contribution < 1.29 is 4.79 Å². The highest BCUT2D eigenvalue weighted by atomic mass is 16.2. The van der Waals surface area contributed by atoms with Crippen molar-refractivity contribution >= 4 is 5.91 Å². The van der Waals surface area contributed by atoms with Crippen LogP contribution < -0.4 is 5.32 Å². The number of hydrogen-bond acceptors (Lipinski definition) is 2. The van der Waals surface area contributed by atoms with Gasteiger partial charge in [-0.2, -0.15) is 0 Å². The fourth-order valence-electron chi connectivity index (χ4n) is 1.66. The Labute approximate surface area is 100 Å². The summed E-state index contributed by atoms with van der Waals surface area (Å²) >= 11 is 0. The summed E-state index contributed by atoms with van der Waals surface area (Å²) in [6, 6.07) is 9.92. The molecule has 1 amide bonds. The van der Waals surface area contributed by atoms with Gasteiger partial charge in [0.25, 0.3) is 0 Å². The van der Waals surface area contributed by atoms with E-state index in [0.29, 0.717) is 6.54 Å². The molecule has 0 aliphatic carbocycles. The molecule has 0 bridgehead atoms. The third-order valence-electron chi connectivity index (χ3n) is 2.56. The second-order valence-electron chi connectivity index (χ2n) is 3.93. The number of nitrogens with zero attached hydrogens (tertiary/aromatic N) is 2. The number of benzene rings is 1. The molecular weight excluding hydrogens is 214 g/mol. The van der Waals surface area contributed by atoms with Gasteiger partial charge in [-0.05, 0) is 12.5 Å². The summed E-state index contributed by atoms with van der Waals surface area (Å²) in [5.41, 5.74) is 1.10. The molecular formula is C13H15N3O. The van der Waals surface area contributed by atoms with Gasteiger partial charge in [-0.15, -0.1) is 0 Å². The zero-order valence-corrected chi connectivity index (χ0v) is 9.71. The van der Waals surface area contributed by atoms with E-state index in [1.165, 1.54) is 0 Å². The number of hydrogen-bond donors (Lipinski definition) is 1. The zero-order chi connectivity index (χ0) is 12.1. The van der Waals surface area contributed by atoms with Gasteiger partial charge in [0, 0.05) is 12.4 Å². The van der Waals surface area contributed by atoms with Gasteiger partial charge in [0.05, 0.1) is 12.4 Å². The van der Waals surface area contributed by atoms with E-state index < -0.39 is 0 Å². The molecule has 0 spiro atoms. The maximum Gasteiger partial charge on any atom is 0.240 e. The summed E-state index contributed by atoms with van der Waals surface area (Å²) in [6.45, 7) is 2.28. The summed E-state index contributed by atoms with van der Waals surface area (Å²) in [7, 11) is 0. The number of aromatic nitrogens is 2. The number of carbonyl (C=O) groups is 1. The molecule has 4 heteroatoms. The van der Waals surface area contributed by atoms with Crippen molar-refractivity contribution in [1.29, 1.82) is 0 Å². The molecule has 1 heterocycles. The molecule has 1 atom stereocenters. The molecule has 4 nitrogen and oxygen atoms in total. The second kappa shape index (κ2) is 5.30. The first-order valence-electron chi connectivity index (χ1n) is 5.56. The van der Waals surface area contributed by atoms with E-state index in [4.69, 9.17) is 0 Å². The van der Waals surface area contributed by atoms with Crippen LogP contribution >= 0.6 is 0 Å². The van der Waals surface area contributed by atoms with E-state index in [0.717, 1.165) is 5.56 Å². The molecule has 0 aliphatic rings. The summed E-state index contributed by atoms with van der Waals surface area (Å²) < 4.78 is 1.74. The first-order chi connectivity index (χ1) is 8.25. The molecule has 0 fully saturated rings. The highest BCUT2D eigenvalue weighted by molar-refractivity contribution is 5.76. The highest BCUT2D eigenvalue weighted by Gasteiger charge is 2.08. The number of imidazole rings is 1. The van der Waals surface area contributed by atoms with Crippen LogP contribution in [0.3, 0.4) is 0 Å². The third-order valence-corrected chi connectivity index (χ3v) is 2.56. The van der Waals surface area contributed by atoms with E-state index in [1.54, 1.807) is 23.3 Å². The molecule has 0 unspecified atom stereocenters. The molecule has 0 aliphatic heterocycles. The van der Waals surface area contributed by atoms with Crippen LogP contribution in [0.4, 0.5) is 0 Å². The van der Waals surface area contributed by atoms with Crippen molar-refractivity contribution in [2.24, 2.45) is 0 Å². The monoisotopic (exact) mass is 229 g/mol. The van der Waals surface area contributed by atoms with E-state index in [1.807, 2.05) is 37.3 Å². The number of amides is 1. The predicted molar refractivity (Wildman–Crippen MR) is 65.2 cm³/mol. The fraction of sp³-hybridized carbons (Fsp3) is 0.231. The molecule has 2 aromatic rings. The van der Waals surface area contributed by atoms with E-state index in [2.05, 4.69) is 10.3 Å². The standard InChI is InChI=1S/C13H15N3O/c1-11(12-5-3-2-4-6-12)15-13(17)9-16-8-7-14-10-16/h2-8,10-11H,9H2,1H3,(H,15,17)/t11-/m1/s1. The van der Waals surface area contributed by atoms with Crippen LogP contribution in [0.2, 0.25) is 0 Å². The lowest BCUT2D eigenvalue weighted by Crippen LogP contribution is -2.29. The summed E-state index contributed by atoms with van der Waals surface area (Å²) in [5.74, 6) is -0.0145. The van der Waals surface area contributed by atoms with Gasteiger partial charge in [0.1, 0.15) is 6.54 Å². The van der Waals surface area contributed by atoms with Crippen molar-refractivity contribution in [3.63, 3.8) is 0 Å². The Morgan fingerprint density at radius 2 is 2.18 bits per heavy atom. The molecule has 0 saturated heterocycles. The van der Waals surface area contributed by atoms with E-state index in [9.17, 15) is 4.79 Å². The fourth-order valence-corrected chi connectivity index (χ4v) is 1.66. The molecule has 1 aromatic heterocycles. The molecule has 0 radical (unpaired) electrons. The van der Waals surface area contributed by atoms with Crippen molar-refractivity contribution in [3.8, 4) is 0 Å². The van der Waals surface area contributed by atoms with E-state index in [-0.39, 0.29) is 11.9 Å². The Morgan fingerprint density at radius 1 is 1.41 bits per heavy atom. The molecule has 17 heavy (non-hydrogen) atoms. The van der Waals surface area contributed by atoms with Gasteiger partial charge in [-0.3, -0.25) is 4.79 Å². The summed E-state index contributed by atoms with van der Waals surface area (Å²) in [4.78, 5) is 15.6. The Hall–Kier alpha value is -2.10. The van der Waals surface area contributed by atoms with Gasteiger partial charge in [-0.25, -0.2) is 4.98 Å². The Bertz CT molecular complexity index is 465. The average molecular weight is 229 g/mol. The zero-order valence-electron chi connectivity index (χ0n) is 9.71. The minimum atomic E-state index is -0.0145. The summed E-state index contributed by atoms with van der Waals surface area (Å²) in [6.07, 6.45) is 5.06. The minimum absolute atomic E-state index is 0.0145. The van der Waals surface area contributed by atoms with Crippen LogP contribution in [0.1, 0.15) is 18.5 Å². The number of rotatable bonds is 4. The predicted octanol–water partition coefficient (Wildman–Crippen LogP) is 1.76. The molecule has 1 aromatic carbocycles. The molecule has 0 saturated carbocycles.